The van der Waals surface area contributed by atoms with Gasteiger partial charge in [0.15, 0.2) is 5.82 Å². The number of imidazole rings is 1. The molecule has 0 N–H and O–H groups in total. The summed E-state index contributed by atoms with van der Waals surface area (Å²) in [5.74, 6) is 2.23. The molecule has 2 aromatic heterocycles. The Kier molecular flexibility index (Phi) is 3.40. The van der Waals surface area contributed by atoms with E-state index in [-0.39, 0.29) is 0 Å². The van der Waals surface area contributed by atoms with Crippen LogP contribution in [0.5, 0.6) is 0 Å². The topological polar surface area (TPSA) is 20.5 Å². The lowest BCUT2D eigenvalue weighted by atomic mass is 10.0. The molecule has 0 amide bonds. The third-order valence-electron chi connectivity index (χ3n) is 4.08. The molecule has 0 spiro atoms. The molecule has 1 atom stereocenters. The number of pyridine rings is 1. The first-order valence-electron chi connectivity index (χ1n) is 7.01. The molecule has 4 heteroatoms. The van der Waals surface area contributed by atoms with Gasteiger partial charge in [-0.25, -0.2) is 4.98 Å². The molecule has 1 aliphatic rings. The van der Waals surface area contributed by atoms with E-state index >= 15 is 0 Å². The highest BCUT2D eigenvalue weighted by Gasteiger charge is 2.30. The number of hydrogen-bond acceptors (Lipinski definition) is 2. The van der Waals surface area contributed by atoms with Crippen LogP contribution in [0.4, 0.5) is 5.82 Å². The number of fused-ring (bicyclic) bond motifs is 1. The summed E-state index contributed by atoms with van der Waals surface area (Å²) in [4.78, 5) is 7.26. The summed E-state index contributed by atoms with van der Waals surface area (Å²) in [5, 5.41) is 0. The molecule has 0 aliphatic carbocycles. The minimum absolute atomic E-state index is 0.502. The van der Waals surface area contributed by atoms with E-state index in [1.165, 1.54) is 12.8 Å². The van der Waals surface area contributed by atoms with E-state index in [0.29, 0.717) is 17.8 Å². The van der Waals surface area contributed by atoms with Crippen molar-refractivity contribution in [3.05, 3.63) is 30.1 Å². The second-order valence-electron chi connectivity index (χ2n) is 5.59. The first-order chi connectivity index (χ1) is 9.22. The molecule has 1 saturated heterocycles. The second kappa shape index (κ2) is 5.04. The number of halogens is 1. The fraction of sp³-hybridized carbons (Fsp3) is 0.533. The first kappa shape index (κ1) is 12.8. The van der Waals surface area contributed by atoms with E-state index in [1.807, 2.05) is 24.4 Å². The Morgan fingerprint density at radius 3 is 3.00 bits per heavy atom. The van der Waals surface area contributed by atoms with Crippen LogP contribution in [0.1, 0.15) is 32.4 Å². The summed E-state index contributed by atoms with van der Waals surface area (Å²) in [6.07, 6.45) is 4.55. The molecular formula is C15H20ClN3. The average molecular weight is 278 g/mol. The smallest absolute Gasteiger partial charge is 0.152 e. The second-order valence-corrected chi connectivity index (χ2v) is 5.86. The van der Waals surface area contributed by atoms with Gasteiger partial charge in [-0.15, -0.1) is 11.6 Å². The van der Waals surface area contributed by atoms with Crippen molar-refractivity contribution in [2.24, 2.45) is 5.92 Å². The number of hydrogen-bond donors (Lipinski definition) is 0. The van der Waals surface area contributed by atoms with E-state index in [1.54, 1.807) is 0 Å². The molecule has 102 valence electrons. The minimum atomic E-state index is 0.502. The third kappa shape index (κ3) is 2.10. The molecule has 3 rings (SSSR count). The maximum Gasteiger partial charge on any atom is 0.152 e. The molecule has 3 nitrogen and oxygen atoms in total. The molecule has 0 aromatic carbocycles. The number of alkyl halides is 1. The van der Waals surface area contributed by atoms with Gasteiger partial charge in [-0.05, 0) is 30.9 Å². The Balaban J connectivity index is 2.09. The maximum atomic E-state index is 6.17. The van der Waals surface area contributed by atoms with Crippen LogP contribution in [0.2, 0.25) is 0 Å². The van der Waals surface area contributed by atoms with Crippen molar-refractivity contribution in [3.63, 3.8) is 0 Å². The molecule has 0 bridgehead atoms. The van der Waals surface area contributed by atoms with Gasteiger partial charge in [0.2, 0.25) is 0 Å². The molecule has 1 aliphatic heterocycles. The van der Waals surface area contributed by atoms with E-state index < -0.39 is 0 Å². The maximum absolute atomic E-state index is 6.17. The van der Waals surface area contributed by atoms with Gasteiger partial charge in [-0.1, -0.05) is 19.9 Å². The monoisotopic (exact) mass is 277 g/mol. The molecular weight excluding hydrogens is 258 g/mol. The zero-order chi connectivity index (χ0) is 13.4. The summed E-state index contributed by atoms with van der Waals surface area (Å²) in [5.41, 5.74) is 2.10. The van der Waals surface area contributed by atoms with Crippen molar-refractivity contribution >= 4 is 23.1 Å². The summed E-state index contributed by atoms with van der Waals surface area (Å²) in [6.45, 7) is 5.68. The van der Waals surface area contributed by atoms with Gasteiger partial charge in [-0.3, -0.25) is 0 Å². The molecule has 2 aromatic rings. The number of rotatable bonds is 3. The van der Waals surface area contributed by atoms with Crippen LogP contribution in [0.15, 0.2) is 24.4 Å². The highest BCUT2D eigenvalue weighted by molar-refractivity contribution is 6.17. The zero-order valence-corrected chi connectivity index (χ0v) is 12.3. The van der Waals surface area contributed by atoms with Gasteiger partial charge >= 0.3 is 0 Å². The predicted molar refractivity (Wildman–Crippen MR) is 80.0 cm³/mol. The largest absolute Gasteiger partial charge is 0.352 e. The molecule has 3 heterocycles. The van der Waals surface area contributed by atoms with Crippen LogP contribution < -0.4 is 4.90 Å². The van der Waals surface area contributed by atoms with Crippen LogP contribution >= 0.6 is 11.6 Å². The van der Waals surface area contributed by atoms with Crippen LogP contribution in [0.25, 0.3) is 5.65 Å². The third-order valence-corrected chi connectivity index (χ3v) is 4.33. The molecule has 0 radical (unpaired) electrons. The molecule has 1 unspecified atom stereocenters. The summed E-state index contributed by atoms with van der Waals surface area (Å²) in [7, 11) is 0. The van der Waals surface area contributed by atoms with E-state index in [2.05, 4.69) is 23.1 Å². The van der Waals surface area contributed by atoms with Crippen LogP contribution in [-0.4, -0.2) is 22.0 Å². The Labute approximate surface area is 119 Å². The summed E-state index contributed by atoms with van der Waals surface area (Å²) < 4.78 is 2.11. The normalized spacial score (nSPS) is 19.8. The van der Waals surface area contributed by atoms with Gasteiger partial charge in [0.1, 0.15) is 5.65 Å². The van der Waals surface area contributed by atoms with Gasteiger partial charge in [0.25, 0.3) is 0 Å². The Hall–Kier alpha value is -1.22. The van der Waals surface area contributed by atoms with Gasteiger partial charge in [-0.2, -0.15) is 0 Å². The lowest BCUT2D eigenvalue weighted by molar-refractivity contribution is 0.489. The van der Waals surface area contributed by atoms with Gasteiger partial charge in [0.05, 0.1) is 11.6 Å². The van der Waals surface area contributed by atoms with E-state index in [4.69, 9.17) is 16.6 Å². The van der Waals surface area contributed by atoms with Crippen molar-refractivity contribution in [1.82, 2.24) is 9.38 Å². The Morgan fingerprint density at radius 1 is 1.42 bits per heavy atom. The van der Waals surface area contributed by atoms with Crippen molar-refractivity contribution in [1.29, 1.82) is 0 Å². The molecule has 1 fully saturated rings. The van der Waals surface area contributed by atoms with E-state index in [9.17, 15) is 0 Å². The minimum Gasteiger partial charge on any atom is -0.352 e. The van der Waals surface area contributed by atoms with Crippen molar-refractivity contribution < 1.29 is 0 Å². The standard InChI is InChI=1S/C15H20ClN3/c1-11(2)12-6-5-9-19(12)15-13(10-16)18-8-4-3-7-14(18)17-15/h3-4,7-8,11-12H,5-6,9-10H2,1-2H3. The van der Waals surface area contributed by atoms with Crippen LogP contribution in [0.3, 0.4) is 0 Å². The SMILES string of the molecule is CC(C)C1CCCN1c1nc2ccccn2c1CCl. The lowest BCUT2D eigenvalue weighted by Crippen LogP contribution is -2.34. The predicted octanol–water partition coefficient (Wildman–Crippen LogP) is 3.70. The first-order valence-corrected chi connectivity index (χ1v) is 7.54. The Morgan fingerprint density at radius 2 is 2.26 bits per heavy atom. The average Bonchev–Trinajstić information content (AvgIpc) is 3.02. The molecule has 19 heavy (non-hydrogen) atoms. The van der Waals surface area contributed by atoms with Crippen LogP contribution in [0, 0.1) is 5.92 Å². The summed E-state index contributed by atoms with van der Waals surface area (Å²) in [6, 6.07) is 6.68. The van der Waals surface area contributed by atoms with Crippen molar-refractivity contribution in [2.45, 2.75) is 38.6 Å². The lowest BCUT2D eigenvalue weighted by Gasteiger charge is -2.28. The number of nitrogens with zero attached hydrogens (tertiary/aromatic N) is 3. The van der Waals surface area contributed by atoms with Gasteiger partial charge in [0, 0.05) is 18.8 Å². The Bertz CT molecular complexity index is 576. The fourth-order valence-corrected chi connectivity index (χ4v) is 3.39. The number of aromatic nitrogens is 2. The number of anilines is 1. The molecule has 0 saturated carbocycles. The summed E-state index contributed by atoms with van der Waals surface area (Å²) >= 11 is 6.17. The zero-order valence-electron chi connectivity index (χ0n) is 11.5. The highest BCUT2D eigenvalue weighted by Crippen LogP contribution is 2.32. The van der Waals surface area contributed by atoms with Crippen molar-refractivity contribution in [3.8, 4) is 0 Å². The van der Waals surface area contributed by atoms with Crippen molar-refractivity contribution in [2.75, 3.05) is 11.4 Å². The van der Waals surface area contributed by atoms with E-state index in [0.717, 1.165) is 23.7 Å². The van der Waals surface area contributed by atoms with Gasteiger partial charge < -0.3 is 9.30 Å². The fourth-order valence-electron chi connectivity index (χ4n) is 3.14. The van der Waals surface area contributed by atoms with Crippen LogP contribution in [-0.2, 0) is 5.88 Å². The quantitative estimate of drug-likeness (QED) is 0.798. The highest BCUT2D eigenvalue weighted by atomic mass is 35.5.